The molecule has 21 heavy (non-hydrogen) atoms. The van der Waals surface area contributed by atoms with Crippen LogP contribution in [-0.4, -0.2) is 42.0 Å². The van der Waals surface area contributed by atoms with E-state index >= 15 is 0 Å². The fraction of sp³-hybridized carbons (Fsp3) is 0.529. The molecule has 2 unspecified atom stereocenters. The quantitative estimate of drug-likeness (QED) is 0.941. The molecule has 1 aromatic carbocycles. The summed E-state index contributed by atoms with van der Waals surface area (Å²) >= 11 is 0. The third-order valence-electron chi connectivity index (χ3n) is 4.79. The van der Waals surface area contributed by atoms with E-state index in [9.17, 15) is 0 Å². The number of piperazine rings is 1. The maximum atomic E-state index is 6.05. The largest absolute Gasteiger partial charge is 0.459 e. The molecule has 0 aliphatic carbocycles. The third-order valence-corrected chi connectivity index (χ3v) is 4.79. The average molecular weight is 287 g/mol. The Kier molecular flexibility index (Phi) is 4.02. The maximum Gasteiger partial charge on any atom is 0.134 e. The van der Waals surface area contributed by atoms with Crippen LogP contribution in [-0.2, 0) is 13.1 Å². The van der Waals surface area contributed by atoms with E-state index in [1.165, 1.54) is 0 Å². The molecule has 1 aliphatic heterocycles. The van der Waals surface area contributed by atoms with Gasteiger partial charge in [-0.15, -0.1) is 0 Å². The molecule has 2 N–H and O–H groups in total. The number of para-hydroxylation sites is 1. The summed E-state index contributed by atoms with van der Waals surface area (Å²) in [6.45, 7) is 8.09. The molecule has 1 aromatic heterocycles. The zero-order valence-electron chi connectivity index (χ0n) is 13.2. The van der Waals surface area contributed by atoms with E-state index in [1.807, 2.05) is 18.2 Å². The minimum absolute atomic E-state index is 0.533. The standard InChI is InChI=1S/C17H25N3O/c1-12-9-20(10-13(2)19(12)3)11-17-15(8-18)14-6-4-5-7-16(14)21-17/h4-7,12-13H,8-11,18H2,1-3H3. The van der Waals surface area contributed by atoms with E-state index in [2.05, 4.69) is 36.8 Å². The Labute approximate surface area is 126 Å². The Bertz CT molecular complexity index is 610. The van der Waals surface area contributed by atoms with E-state index in [-0.39, 0.29) is 0 Å². The monoisotopic (exact) mass is 287 g/mol. The molecule has 1 fully saturated rings. The number of fused-ring (bicyclic) bond motifs is 1. The Morgan fingerprint density at radius 1 is 1.19 bits per heavy atom. The Morgan fingerprint density at radius 3 is 2.52 bits per heavy atom. The molecule has 2 atom stereocenters. The molecule has 1 saturated heterocycles. The number of furan rings is 1. The van der Waals surface area contributed by atoms with Gasteiger partial charge in [0.25, 0.3) is 0 Å². The summed E-state index contributed by atoms with van der Waals surface area (Å²) < 4.78 is 6.05. The van der Waals surface area contributed by atoms with Crippen LogP contribution in [0.5, 0.6) is 0 Å². The molecule has 1 aliphatic rings. The van der Waals surface area contributed by atoms with Gasteiger partial charge in [0, 0.05) is 42.7 Å². The van der Waals surface area contributed by atoms with Crippen molar-refractivity contribution < 1.29 is 4.42 Å². The minimum atomic E-state index is 0.533. The van der Waals surface area contributed by atoms with Crippen LogP contribution in [0.15, 0.2) is 28.7 Å². The van der Waals surface area contributed by atoms with E-state index in [0.29, 0.717) is 18.6 Å². The summed E-state index contributed by atoms with van der Waals surface area (Å²) in [6, 6.07) is 9.31. The van der Waals surface area contributed by atoms with Crippen LogP contribution in [0, 0.1) is 0 Å². The number of rotatable bonds is 3. The first kappa shape index (κ1) is 14.6. The highest BCUT2D eigenvalue weighted by Gasteiger charge is 2.27. The zero-order valence-corrected chi connectivity index (χ0v) is 13.2. The maximum absolute atomic E-state index is 6.05. The highest BCUT2D eigenvalue weighted by atomic mass is 16.3. The van der Waals surface area contributed by atoms with Crippen molar-refractivity contribution in [2.75, 3.05) is 20.1 Å². The molecule has 2 aromatic rings. The smallest absolute Gasteiger partial charge is 0.134 e. The molecule has 4 heteroatoms. The fourth-order valence-corrected chi connectivity index (χ4v) is 3.35. The van der Waals surface area contributed by atoms with Crippen molar-refractivity contribution in [1.29, 1.82) is 0 Å². The number of likely N-dealkylation sites (N-methyl/N-ethyl adjacent to an activating group) is 1. The van der Waals surface area contributed by atoms with E-state index < -0.39 is 0 Å². The van der Waals surface area contributed by atoms with Gasteiger partial charge in [-0.3, -0.25) is 9.80 Å². The lowest BCUT2D eigenvalue weighted by Gasteiger charge is -2.42. The van der Waals surface area contributed by atoms with Crippen molar-refractivity contribution in [2.24, 2.45) is 5.73 Å². The highest BCUT2D eigenvalue weighted by molar-refractivity contribution is 5.82. The summed E-state index contributed by atoms with van der Waals surface area (Å²) in [6.07, 6.45) is 0. The van der Waals surface area contributed by atoms with Gasteiger partial charge in [0.2, 0.25) is 0 Å². The third kappa shape index (κ3) is 2.71. The van der Waals surface area contributed by atoms with Crippen LogP contribution in [0.2, 0.25) is 0 Å². The van der Waals surface area contributed by atoms with Gasteiger partial charge in [0.05, 0.1) is 6.54 Å². The topological polar surface area (TPSA) is 45.6 Å². The van der Waals surface area contributed by atoms with Crippen LogP contribution in [0.4, 0.5) is 0 Å². The first-order valence-corrected chi connectivity index (χ1v) is 7.73. The van der Waals surface area contributed by atoms with Crippen molar-refractivity contribution >= 4 is 11.0 Å². The Balaban J connectivity index is 1.85. The van der Waals surface area contributed by atoms with Crippen LogP contribution in [0.1, 0.15) is 25.2 Å². The normalized spacial score (nSPS) is 24.8. The number of benzene rings is 1. The van der Waals surface area contributed by atoms with E-state index in [1.54, 1.807) is 0 Å². The van der Waals surface area contributed by atoms with Crippen LogP contribution >= 0.6 is 0 Å². The Morgan fingerprint density at radius 2 is 1.86 bits per heavy atom. The summed E-state index contributed by atoms with van der Waals surface area (Å²) in [7, 11) is 2.21. The fourth-order valence-electron chi connectivity index (χ4n) is 3.35. The van der Waals surface area contributed by atoms with Crippen molar-refractivity contribution in [3.63, 3.8) is 0 Å². The minimum Gasteiger partial charge on any atom is -0.459 e. The van der Waals surface area contributed by atoms with Gasteiger partial charge in [-0.25, -0.2) is 0 Å². The molecular weight excluding hydrogens is 262 g/mol. The second-order valence-corrected chi connectivity index (χ2v) is 6.26. The molecular formula is C17H25N3O. The lowest BCUT2D eigenvalue weighted by molar-refractivity contribution is 0.0519. The van der Waals surface area contributed by atoms with Gasteiger partial charge >= 0.3 is 0 Å². The zero-order chi connectivity index (χ0) is 15.0. The summed E-state index contributed by atoms with van der Waals surface area (Å²) in [4.78, 5) is 4.92. The van der Waals surface area contributed by atoms with Gasteiger partial charge in [0.1, 0.15) is 11.3 Å². The predicted molar refractivity (Wildman–Crippen MR) is 86.1 cm³/mol. The number of hydrogen-bond donors (Lipinski definition) is 1. The van der Waals surface area contributed by atoms with Gasteiger partial charge in [-0.05, 0) is 27.0 Å². The first-order valence-electron chi connectivity index (χ1n) is 7.73. The van der Waals surface area contributed by atoms with Crippen molar-refractivity contribution in [3.8, 4) is 0 Å². The molecule has 0 amide bonds. The van der Waals surface area contributed by atoms with Crippen molar-refractivity contribution in [3.05, 3.63) is 35.6 Å². The second-order valence-electron chi connectivity index (χ2n) is 6.26. The van der Waals surface area contributed by atoms with Crippen molar-refractivity contribution in [1.82, 2.24) is 9.80 Å². The lowest BCUT2D eigenvalue weighted by Crippen LogP contribution is -2.54. The molecule has 3 rings (SSSR count). The molecule has 0 radical (unpaired) electrons. The molecule has 0 spiro atoms. The molecule has 114 valence electrons. The molecule has 0 bridgehead atoms. The van der Waals surface area contributed by atoms with Crippen LogP contribution < -0.4 is 5.73 Å². The molecule has 2 heterocycles. The lowest BCUT2D eigenvalue weighted by atomic mass is 10.1. The van der Waals surface area contributed by atoms with Gasteiger partial charge < -0.3 is 10.2 Å². The SMILES string of the molecule is CC1CN(Cc2oc3ccccc3c2CN)CC(C)N1C. The summed E-state index contributed by atoms with van der Waals surface area (Å²) in [5.74, 6) is 1.03. The molecule has 0 saturated carbocycles. The van der Waals surface area contributed by atoms with Gasteiger partial charge in [-0.2, -0.15) is 0 Å². The Hall–Kier alpha value is -1.36. The predicted octanol–water partition coefficient (Wildman–Crippen LogP) is 2.42. The van der Waals surface area contributed by atoms with Crippen LogP contribution in [0.3, 0.4) is 0 Å². The highest BCUT2D eigenvalue weighted by Crippen LogP contribution is 2.27. The average Bonchev–Trinajstić information content (AvgIpc) is 2.81. The first-order chi connectivity index (χ1) is 10.1. The molecule has 4 nitrogen and oxygen atoms in total. The summed E-state index contributed by atoms with van der Waals surface area (Å²) in [5, 5.41) is 1.16. The van der Waals surface area contributed by atoms with Gasteiger partial charge in [-0.1, -0.05) is 18.2 Å². The number of hydrogen-bond acceptors (Lipinski definition) is 4. The second kappa shape index (κ2) is 5.79. The van der Waals surface area contributed by atoms with Crippen LogP contribution in [0.25, 0.3) is 11.0 Å². The van der Waals surface area contributed by atoms with Gasteiger partial charge in [0.15, 0.2) is 0 Å². The number of nitrogens with two attached hydrogens (primary N) is 1. The van der Waals surface area contributed by atoms with E-state index in [4.69, 9.17) is 10.2 Å². The van der Waals surface area contributed by atoms with E-state index in [0.717, 1.165) is 41.9 Å². The van der Waals surface area contributed by atoms with Crippen molar-refractivity contribution in [2.45, 2.75) is 39.0 Å². The summed E-state index contributed by atoms with van der Waals surface area (Å²) in [5.41, 5.74) is 8.06. The number of nitrogens with zero attached hydrogens (tertiary/aromatic N) is 2.